The van der Waals surface area contributed by atoms with Crippen molar-refractivity contribution in [2.24, 2.45) is 5.41 Å². The highest BCUT2D eigenvalue weighted by Crippen LogP contribution is 2.43. The van der Waals surface area contributed by atoms with Gasteiger partial charge in [0.1, 0.15) is 18.3 Å². The zero-order valence-electron chi connectivity index (χ0n) is 14.4. The van der Waals surface area contributed by atoms with Crippen LogP contribution in [-0.4, -0.2) is 15.2 Å². The molecule has 6 heteroatoms. The third-order valence-electron chi connectivity index (χ3n) is 3.61. The van der Waals surface area contributed by atoms with Gasteiger partial charge in [-0.1, -0.05) is 56.1 Å². The first-order valence-corrected chi connectivity index (χ1v) is 8.64. The number of aromatic amines is 1. The fourth-order valence-corrected chi connectivity index (χ4v) is 3.20. The van der Waals surface area contributed by atoms with Gasteiger partial charge in [0.15, 0.2) is 0 Å². The number of allylic oxidation sites excluding steroid dienone is 1. The van der Waals surface area contributed by atoms with Gasteiger partial charge in [0, 0.05) is 15.6 Å². The lowest BCUT2D eigenvalue weighted by Crippen LogP contribution is -2.21. The molecule has 0 aliphatic heterocycles. The molecule has 0 bridgehead atoms. The largest absolute Gasteiger partial charge is 0.493 e. The topological polar surface area (TPSA) is 50.8 Å². The van der Waals surface area contributed by atoms with Crippen LogP contribution in [0.25, 0.3) is 0 Å². The maximum Gasteiger partial charge on any atom is 0.137 e. The van der Waals surface area contributed by atoms with Gasteiger partial charge in [-0.25, -0.2) is 4.98 Å². The molecule has 0 spiro atoms. The van der Waals surface area contributed by atoms with E-state index in [-0.39, 0.29) is 17.4 Å². The van der Waals surface area contributed by atoms with E-state index in [0.717, 1.165) is 17.8 Å². The number of aromatic nitrogens is 3. The van der Waals surface area contributed by atoms with E-state index in [1.165, 1.54) is 6.33 Å². The molecule has 4 nitrogen and oxygen atoms in total. The zero-order chi connectivity index (χ0) is 17.7. The number of nitrogens with one attached hydrogen (secondary N) is 1. The average molecular weight is 368 g/mol. The first-order valence-electron chi connectivity index (χ1n) is 7.88. The quantitative estimate of drug-likeness (QED) is 0.644. The predicted octanol–water partition coefficient (Wildman–Crippen LogP) is 5.92. The standard InChI is InChI=1S/C18H23Cl2N3O/c1-5-8-24-16(13-7-6-12(19)9-15(13)20)14(10-18(2,3)4)17-21-11-22-23-17/h5-9,11,14,16H,10H2,1-4H3,(H,21,22,23). The number of hydrogen-bond acceptors (Lipinski definition) is 3. The molecule has 0 amide bonds. The van der Waals surface area contributed by atoms with Crippen molar-refractivity contribution in [2.75, 3.05) is 0 Å². The second-order valence-corrected chi connectivity index (χ2v) is 7.78. The molecule has 1 N–H and O–H groups in total. The third kappa shape index (κ3) is 4.99. The Hall–Kier alpha value is -1.52. The number of benzene rings is 1. The van der Waals surface area contributed by atoms with Gasteiger partial charge in [0.05, 0.1) is 12.2 Å². The van der Waals surface area contributed by atoms with E-state index in [0.29, 0.717) is 10.0 Å². The average Bonchev–Trinajstić information content (AvgIpc) is 3.00. The Bertz CT molecular complexity index is 678. The van der Waals surface area contributed by atoms with Crippen LogP contribution in [-0.2, 0) is 4.74 Å². The number of H-pyrrole nitrogens is 1. The highest BCUT2D eigenvalue weighted by molar-refractivity contribution is 6.35. The Morgan fingerprint density at radius 2 is 2.04 bits per heavy atom. The lowest BCUT2D eigenvalue weighted by molar-refractivity contribution is 0.0948. The van der Waals surface area contributed by atoms with Gasteiger partial charge in [-0.3, -0.25) is 5.10 Å². The molecule has 0 radical (unpaired) electrons. The van der Waals surface area contributed by atoms with Crippen LogP contribution in [0.15, 0.2) is 36.9 Å². The van der Waals surface area contributed by atoms with Crippen LogP contribution < -0.4 is 0 Å². The fraction of sp³-hybridized carbons (Fsp3) is 0.444. The maximum absolute atomic E-state index is 6.45. The normalized spacial score (nSPS) is 14.8. The smallest absolute Gasteiger partial charge is 0.137 e. The summed E-state index contributed by atoms with van der Waals surface area (Å²) in [5.74, 6) is 0.757. The molecule has 0 aliphatic rings. The molecule has 1 aromatic heterocycles. The monoisotopic (exact) mass is 367 g/mol. The molecule has 0 aliphatic carbocycles. The molecule has 1 heterocycles. The fourth-order valence-electron chi connectivity index (χ4n) is 2.68. The Kier molecular flexibility index (Phi) is 6.30. The maximum atomic E-state index is 6.45. The van der Waals surface area contributed by atoms with Crippen LogP contribution in [0.2, 0.25) is 10.0 Å². The van der Waals surface area contributed by atoms with Crippen molar-refractivity contribution in [2.45, 2.75) is 46.1 Å². The van der Waals surface area contributed by atoms with E-state index in [2.05, 4.69) is 36.0 Å². The highest BCUT2D eigenvalue weighted by Gasteiger charge is 2.33. The molecule has 24 heavy (non-hydrogen) atoms. The predicted molar refractivity (Wildman–Crippen MR) is 98.3 cm³/mol. The van der Waals surface area contributed by atoms with Gasteiger partial charge in [0.25, 0.3) is 0 Å². The Morgan fingerprint density at radius 3 is 2.58 bits per heavy atom. The summed E-state index contributed by atoms with van der Waals surface area (Å²) in [6.07, 6.45) is 5.61. The molecule has 2 rings (SSSR count). The Balaban J connectivity index is 2.48. The van der Waals surface area contributed by atoms with Crippen molar-refractivity contribution in [3.05, 3.63) is 58.3 Å². The molecule has 0 saturated heterocycles. The number of halogens is 2. The lowest BCUT2D eigenvalue weighted by atomic mass is 9.80. The second kappa shape index (κ2) is 8.04. The van der Waals surface area contributed by atoms with Gasteiger partial charge >= 0.3 is 0 Å². The summed E-state index contributed by atoms with van der Waals surface area (Å²) < 4.78 is 6.03. The Labute approximate surface area is 153 Å². The summed E-state index contributed by atoms with van der Waals surface area (Å²) >= 11 is 12.5. The van der Waals surface area contributed by atoms with E-state index in [1.807, 2.05) is 25.1 Å². The van der Waals surface area contributed by atoms with E-state index < -0.39 is 0 Å². The summed E-state index contributed by atoms with van der Waals surface area (Å²) in [4.78, 5) is 4.36. The molecule has 0 saturated carbocycles. The first-order chi connectivity index (χ1) is 11.3. The molecule has 2 aromatic rings. The number of ether oxygens (including phenoxy) is 1. The molecule has 130 valence electrons. The molecule has 0 fully saturated rings. The van der Waals surface area contributed by atoms with Crippen LogP contribution in [0.5, 0.6) is 0 Å². The number of hydrogen-bond donors (Lipinski definition) is 1. The summed E-state index contributed by atoms with van der Waals surface area (Å²) in [7, 11) is 0. The van der Waals surface area contributed by atoms with Gasteiger partial charge < -0.3 is 4.74 Å². The van der Waals surface area contributed by atoms with Crippen molar-refractivity contribution in [3.8, 4) is 0 Å². The van der Waals surface area contributed by atoms with E-state index in [9.17, 15) is 0 Å². The van der Waals surface area contributed by atoms with Gasteiger partial charge in [0.2, 0.25) is 0 Å². The van der Waals surface area contributed by atoms with Gasteiger partial charge in [-0.05, 0) is 30.9 Å². The van der Waals surface area contributed by atoms with Crippen LogP contribution in [0.4, 0.5) is 0 Å². The summed E-state index contributed by atoms with van der Waals surface area (Å²) in [5, 5.41) is 8.16. The van der Waals surface area contributed by atoms with Crippen LogP contribution in [0.1, 0.15) is 57.5 Å². The van der Waals surface area contributed by atoms with Crippen molar-refractivity contribution < 1.29 is 4.74 Å². The number of nitrogens with zero attached hydrogens (tertiary/aromatic N) is 2. The van der Waals surface area contributed by atoms with E-state index >= 15 is 0 Å². The van der Waals surface area contributed by atoms with Crippen LogP contribution in [0, 0.1) is 5.41 Å². The van der Waals surface area contributed by atoms with E-state index in [1.54, 1.807) is 12.3 Å². The second-order valence-electron chi connectivity index (χ2n) is 6.93. The van der Waals surface area contributed by atoms with Crippen molar-refractivity contribution in [1.29, 1.82) is 0 Å². The summed E-state index contributed by atoms with van der Waals surface area (Å²) in [6, 6.07) is 5.47. The first kappa shape index (κ1) is 18.8. The molecular weight excluding hydrogens is 345 g/mol. The van der Waals surface area contributed by atoms with Gasteiger partial charge in [-0.2, -0.15) is 5.10 Å². The zero-order valence-corrected chi connectivity index (χ0v) is 15.9. The van der Waals surface area contributed by atoms with Crippen molar-refractivity contribution in [3.63, 3.8) is 0 Å². The third-order valence-corrected chi connectivity index (χ3v) is 4.18. The summed E-state index contributed by atoms with van der Waals surface area (Å²) in [5.41, 5.74) is 0.957. The molecule has 2 unspecified atom stereocenters. The van der Waals surface area contributed by atoms with Crippen LogP contribution in [0.3, 0.4) is 0 Å². The number of rotatable bonds is 6. The Morgan fingerprint density at radius 1 is 1.29 bits per heavy atom. The molecular formula is C18H23Cl2N3O. The summed E-state index contributed by atoms with van der Waals surface area (Å²) in [6.45, 7) is 8.47. The highest BCUT2D eigenvalue weighted by atomic mass is 35.5. The van der Waals surface area contributed by atoms with Crippen molar-refractivity contribution in [1.82, 2.24) is 15.2 Å². The molecule has 2 atom stereocenters. The lowest BCUT2D eigenvalue weighted by Gasteiger charge is -2.31. The minimum absolute atomic E-state index is 0.0256. The van der Waals surface area contributed by atoms with Crippen molar-refractivity contribution >= 4 is 23.2 Å². The minimum atomic E-state index is -0.293. The van der Waals surface area contributed by atoms with E-state index in [4.69, 9.17) is 27.9 Å². The minimum Gasteiger partial charge on any atom is -0.493 e. The van der Waals surface area contributed by atoms with Crippen LogP contribution >= 0.6 is 23.2 Å². The molecule has 1 aromatic carbocycles. The van der Waals surface area contributed by atoms with Gasteiger partial charge in [-0.15, -0.1) is 0 Å². The SMILES string of the molecule is CC=COC(c1ccc(Cl)cc1Cl)C(CC(C)(C)C)c1ncn[nH]1.